The van der Waals surface area contributed by atoms with E-state index in [2.05, 4.69) is 9.71 Å². The molecule has 0 saturated carbocycles. The Morgan fingerprint density at radius 2 is 1.85 bits per heavy atom. The molecule has 1 N–H and O–H groups in total. The van der Waals surface area contributed by atoms with Gasteiger partial charge in [0.15, 0.2) is 0 Å². The zero-order valence-corrected chi connectivity index (χ0v) is 19.6. The molecule has 4 aromatic rings. The third-order valence-corrected chi connectivity index (χ3v) is 7.61. The fourth-order valence-electron chi connectivity index (χ4n) is 4.15. The number of halogens is 2. The first-order chi connectivity index (χ1) is 16.2. The van der Waals surface area contributed by atoms with Crippen LogP contribution in [0.2, 0.25) is 5.02 Å². The van der Waals surface area contributed by atoms with Gasteiger partial charge in [-0.1, -0.05) is 23.7 Å². The van der Waals surface area contributed by atoms with E-state index in [1.54, 1.807) is 54.3 Å². The van der Waals surface area contributed by atoms with Gasteiger partial charge < -0.3 is 9.47 Å². The smallest absolute Gasteiger partial charge is 0.245 e. The van der Waals surface area contributed by atoms with E-state index in [4.69, 9.17) is 11.6 Å². The molecule has 1 amide bonds. The number of rotatable bonds is 5. The molecule has 1 aromatic heterocycles. The molecule has 0 spiro atoms. The number of carbonyl (C=O) groups excluding carboxylic acids is 1. The Balaban J connectivity index is 1.36. The maximum Gasteiger partial charge on any atom is 0.245 e. The molecule has 1 fully saturated rings. The Morgan fingerprint density at radius 1 is 1.09 bits per heavy atom. The van der Waals surface area contributed by atoms with Gasteiger partial charge in [0.25, 0.3) is 0 Å². The molecular weight excluding hydrogens is 479 g/mol. The van der Waals surface area contributed by atoms with Gasteiger partial charge in [-0.2, -0.15) is 4.72 Å². The number of aryl methyl sites for hydroxylation is 1. The van der Waals surface area contributed by atoms with E-state index in [1.165, 1.54) is 29.2 Å². The van der Waals surface area contributed by atoms with Crippen LogP contribution in [-0.2, 0) is 21.9 Å². The van der Waals surface area contributed by atoms with Crippen LogP contribution in [0.5, 0.6) is 0 Å². The Bertz CT molecular complexity index is 1540. The number of hydrogen-bond donors (Lipinski definition) is 1. The van der Waals surface area contributed by atoms with Crippen LogP contribution in [0.4, 0.5) is 10.1 Å². The average Bonchev–Trinajstić information content (AvgIpc) is 3.38. The highest BCUT2D eigenvalue weighted by atomic mass is 35.5. The van der Waals surface area contributed by atoms with Crippen LogP contribution >= 0.6 is 11.6 Å². The summed E-state index contributed by atoms with van der Waals surface area (Å²) in [4.78, 5) is 18.5. The number of imidazole rings is 1. The Labute approximate surface area is 200 Å². The van der Waals surface area contributed by atoms with Gasteiger partial charge in [0.2, 0.25) is 15.9 Å². The van der Waals surface area contributed by atoms with Crippen molar-refractivity contribution in [2.45, 2.75) is 17.4 Å². The molecule has 5 rings (SSSR count). The molecule has 10 heteroatoms. The number of nitrogens with one attached hydrogen (secondary N) is 1. The number of sulfonamides is 1. The molecule has 1 atom stereocenters. The molecule has 1 saturated heterocycles. The quantitative estimate of drug-likeness (QED) is 0.448. The van der Waals surface area contributed by atoms with Gasteiger partial charge in [-0.05, 0) is 59.7 Å². The van der Waals surface area contributed by atoms with E-state index < -0.39 is 27.8 Å². The fraction of sp³-hybridized carbons (Fsp3) is 0.167. The van der Waals surface area contributed by atoms with Gasteiger partial charge in [0.1, 0.15) is 17.7 Å². The van der Waals surface area contributed by atoms with Crippen LogP contribution in [0.3, 0.4) is 0 Å². The number of aromatic nitrogens is 2. The molecule has 0 aliphatic carbocycles. The van der Waals surface area contributed by atoms with Gasteiger partial charge in [-0.3, -0.25) is 4.79 Å². The lowest BCUT2D eigenvalue weighted by Crippen LogP contribution is -2.41. The summed E-state index contributed by atoms with van der Waals surface area (Å²) in [6.07, 6.45) is 3.60. The minimum Gasteiger partial charge on any atom is -0.334 e. The Hall–Kier alpha value is -3.27. The number of anilines is 1. The van der Waals surface area contributed by atoms with Gasteiger partial charge in [0.05, 0.1) is 10.6 Å². The molecule has 1 aliphatic rings. The van der Waals surface area contributed by atoms with Crippen molar-refractivity contribution in [3.05, 3.63) is 77.8 Å². The highest BCUT2D eigenvalue weighted by molar-refractivity contribution is 7.89. The zero-order chi connectivity index (χ0) is 24.0. The van der Waals surface area contributed by atoms with Gasteiger partial charge in [-0.15, -0.1) is 0 Å². The molecule has 3 aromatic carbocycles. The third-order valence-electron chi connectivity index (χ3n) is 5.90. The Kier molecular flexibility index (Phi) is 5.63. The summed E-state index contributed by atoms with van der Waals surface area (Å²) in [7, 11) is -2.17. The molecule has 1 aliphatic heterocycles. The van der Waals surface area contributed by atoms with E-state index in [1.807, 2.05) is 0 Å². The second-order valence-corrected chi connectivity index (χ2v) is 10.3. The van der Waals surface area contributed by atoms with Crippen molar-refractivity contribution in [2.24, 2.45) is 7.05 Å². The first kappa shape index (κ1) is 22.5. The number of hydrogen-bond acceptors (Lipinski definition) is 4. The summed E-state index contributed by atoms with van der Waals surface area (Å²) in [5.74, 6) is -0.480. The minimum absolute atomic E-state index is 0.0409. The van der Waals surface area contributed by atoms with Crippen LogP contribution in [0.25, 0.3) is 22.2 Å². The monoisotopic (exact) mass is 498 g/mol. The van der Waals surface area contributed by atoms with Crippen LogP contribution in [0.1, 0.15) is 6.42 Å². The second-order valence-electron chi connectivity index (χ2n) is 8.13. The Morgan fingerprint density at radius 3 is 2.59 bits per heavy atom. The van der Waals surface area contributed by atoms with E-state index >= 15 is 0 Å². The molecule has 174 valence electrons. The van der Waals surface area contributed by atoms with Gasteiger partial charge in [-0.25, -0.2) is 17.8 Å². The van der Waals surface area contributed by atoms with Crippen LogP contribution in [-0.4, -0.2) is 36.5 Å². The normalized spacial score (nSPS) is 16.5. The number of amides is 1. The number of benzene rings is 3. The van der Waals surface area contributed by atoms with Crippen LogP contribution in [0, 0.1) is 5.82 Å². The largest absolute Gasteiger partial charge is 0.334 e. The zero-order valence-electron chi connectivity index (χ0n) is 18.1. The lowest BCUT2D eigenvalue weighted by atomic mass is 10.1. The topological polar surface area (TPSA) is 84.3 Å². The highest BCUT2D eigenvalue weighted by Gasteiger charge is 2.36. The average molecular weight is 499 g/mol. The highest BCUT2D eigenvalue weighted by Crippen LogP contribution is 2.29. The van der Waals surface area contributed by atoms with Crippen molar-refractivity contribution in [1.82, 2.24) is 14.3 Å². The molecule has 34 heavy (non-hydrogen) atoms. The molecular formula is C24H20ClFN4O3S. The molecule has 7 nitrogen and oxygen atoms in total. The second kappa shape index (κ2) is 8.50. The van der Waals surface area contributed by atoms with Crippen molar-refractivity contribution in [3.8, 4) is 11.4 Å². The first-order valence-electron chi connectivity index (χ1n) is 10.5. The molecule has 2 heterocycles. The lowest BCUT2D eigenvalue weighted by Gasteiger charge is -2.18. The van der Waals surface area contributed by atoms with E-state index in [9.17, 15) is 17.6 Å². The standard InChI is InChI=1S/C24H20ClFN4O3S/c1-29-11-9-27-23(29)17-4-7-22(20(26)14-17)30-10-8-21(24(30)31)28-34(32,33)19-6-3-15-12-18(25)5-2-16(15)13-19/h2-7,9,11-14,21,28H,8,10H2,1H3/t21-/m0/s1. The minimum atomic E-state index is -3.97. The van der Waals surface area contributed by atoms with Crippen molar-refractivity contribution in [2.75, 3.05) is 11.4 Å². The maximum atomic E-state index is 14.9. The number of fused-ring (bicyclic) bond motifs is 1. The predicted molar refractivity (Wildman–Crippen MR) is 129 cm³/mol. The van der Waals surface area contributed by atoms with Gasteiger partial charge in [0, 0.05) is 36.6 Å². The SMILES string of the molecule is Cn1ccnc1-c1ccc(N2CC[C@H](NS(=O)(=O)c3ccc4cc(Cl)ccc4c3)C2=O)c(F)c1. The predicted octanol–water partition coefficient (Wildman–Crippen LogP) is 4.12. The summed E-state index contributed by atoms with van der Waals surface area (Å²) in [5, 5.41) is 2.07. The van der Waals surface area contributed by atoms with Crippen molar-refractivity contribution < 1.29 is 17.6 Å². The molecule has 0 radical (unpaired) electrons. The summed E-state index contributed by atoms with van der Waals surface area (Å²) in [5.41, 5.74) is 0.683. The number of nitrogens with zero attached hydrogens (tertiary/aromatic N) is 3. The van der Waals surface area contributed by atoms with Crippen molar-refractivity contribution in [1.29, 1.82) is 0 Å². The summed E-state index contributed by atoms with van der Waals surface area (Å²) in [6.45, 7) is 0.195. The number of carbonyl (C=O) groups is 1. The van der Waals surface area contributed by atoms with E-state index in [0.29, 0.717) is 21.8 Å². The van der Waals surface area contributed by atoms with E-state index in [-0.39, 0.29) is 23.5 Å². The summed E-state index contributed by atoms with van der Waals surface area (Å²) < 4.78 is 45.1. The van der Waals surface area contributed by atoms with Crippen molar-refractivity contribution in [3.63, 3.8) is 0 Å². The summed E-state index contributed by atoms with van der Waals surface area (Å²) in [6, 6.07) is 13.4. The molecule has 0 bridgehead atoms. The lowest BCUT2D eigenvalue weighted by molar-refractivity contribution is -0.118. The third kappa shape index (κ3) is 4.06. The molecule has 0 unspecified atom stereocenters. The van der Waals surface area contributed by atoms with Crippen LogP contribution in [0.15, 0.2) is 71.9 Å². The van der Waals surface area contributed by atoms with E-state index in [0.717, 1.165) is 5.39 Å². The maximum absolute atomic E-state index is 14.9. The van der Waals surface area contributed by atoms with Crippen LogP contribution < -0.4 is 9.62 Å². The first-order valence-corrected chi connectivity index (χ1v) is 12.4. The summed E-state index contributed by atoms with van der Waals surface area (Å²) >= 11 is 5.99. The fourth-order valence-corrected chi connectivity index (χ4v) is 5.59. The van der Waals surface area contributed by atoms with Gasteiger partial charge >= 0.3 is 0 Å². The van der Waals surface area contributed by atoms with Crippen molar-refractivity contribution >= 4 is 44.0 Å².